The highest BCUT2D eigenvalue weighted by molar-refractivity contribution is 6.30. The zero-order chi connectivity index (χ0) is 13.8. The second-order valence-corrected chi connectivity index (χ2v) is 4.45. The monoisotopic (exact) mass is 280 g/mol. The van der Waals surface area contributed by atoms with Gasteiger partial charge in [0, 0.05) is 12.1 Å². The zero-order valence-corrected chi connectivity index (χ0v) is 11.2. The van der Waals surface area contributed by atoms with Crippen molar-refractivity contribution in [3.05, 3.63) is 46.5 Å². The minimum absolute atomic E-state index is 0.109. The van der Waals surface area contributed by atoms with Crippen LogP contribution in [0.5, 0.6) is 0 Å². The SMILES string of the molecule is CCc1c(N)ncnc1NCc1ccc(F)c(Cl)c1. The van der Waals surface area contributed by atoms with Gasteiger partial charge in [-0.2, -0.15) is 0 Å². The van der Waals surface area contributed by atoms with Crippen LogP contribution < -0.4 is 11.1 Å². The van der Waals surface area contributed by atoms with Gasteiger partial charge in [-0.15, -0.1) is 0 Å². The second-order valence-electron chi connectivity index (χ2n) is 4.04. The maximum atomic E-state index is 13.0. The first-order chi connectivity index (χ1) is 9.11. The summed E-state index contributed by atoms with van der Waals surface area (Å²) < 4.78 is 13.0. The molecule has 4 nitrogen and oxygen atoms in total. The fraction of sp³-hybridized carbons (Fsp3) is 0.231. The summed E-state index contributed by atoms with van der Waals surface area (Å²) in [5.74, 6) is 0.735. The molecule has 3 N–H and O–H groups in total. The number of hydrogen-bond donors (Lipinski definition) is 2. The molecule has 1 aromatic carbocycles. The summed E-state index contributed by atoms with van der Waals surface area (Å²) in [7, 11) is 0. The number of benzene rings is 1. The molecule has 0 radical (unpaired) electrons. The van der Waals surface area contributed by atoms with Crippen molar-refractivity contribution in [2.75, 3.05) is 11.1 Å². The van der Waals surface area contributed by atoms with Crippen molar-refractivity contribution in [3.8, 4) is 0 Å². The van der Waals surface area contributed by atoms with Crippen LogP contribution in [0, 0.1) is 5.82 Å². The molecule has 1 heterocycles. The van der Waals surface area contributed by atoms with Gasteiger partial charge in [0.1, 0.15) is 23.8 Å². The predicted octanol–water partition coefficient (Wildman–Crippen LogP) is 3.03. The molecule has 6 heteroatoms. The summed E-state index contributed by atoms with van der Waals surface area (Å²) in [5, 5.41) is 3.26. The molecular formula is C13H14ClFN4. The molecule has 0 spiro atoms. The van der Waals surface area contributed by atoms with E-state index >= 15 is 0 Å². The molecule has 100 valence electrons. The lowest BCUT2D eigenvalue weighted by atomic mass is 10.2. The Bertz CT molecular complexity index is 589. The Labute approximate surface area is 115 Å². The third-order valence-electron chi connectivity index (χ3n) is 2.78. The van der Waals surface area contributed by atoms with E-state index in [0.717, 1.165) is 17.5 Å². The van der Waals surface area contributed by atoms with E-state index in [-0.39, 0.29) is 5.02 Å². The van der Waals surface area contributed by atoms with E-state index in [2.05, 4.69) is 15.3 Å². The Morgan fingerprint density at radius 2 is 2.16 bits per heavy atom. The first-order valence-electron chi connectivity index (χ1n) is 5.89. The first kappa shape index (κ1) is 13.5. The van der Waals surface area contributed by atoms with Gasteiger partial charge in [0.05, 0.1) is 5.02 Å². The topological polar surface area (TPSA) is 63.8 Å². The van der Waals surface area contributed by atoms with E-state index in [9.17, 15) is 4.39 Å². The van der Waals surface area contributed by atoms with Gasteiger partial charge in [0.25, 0.3) is 0 Å². The summed E-state index contributed by atoms with van der Waals surface area (Å²) in [5.41, 5.74) is 7.52. The van der Waals surface area contributed by atoms with E-state index in [1.807, 2.05) is 6.92 Å². The molecule has 0 unspecified atom stereocenters. The quantitative estimate of drug-likeness (QED) is 0.903. The molecule has 0 atom stereocenters. The van der Waals surface area contributed by atoms with Crippen LogP contribution in [0.25, 0.3) is 0 Å². The van der Waals surface area contributed by atoms with Crippen LogP contribution in [0.2, 0.25) is 5.02 Å². The maximum Gasteiger partial charge on any atom is 0.141 e. The molecule has 0 fully saturated rings. The van der Waals surface area contributed by atoms with E-state index in [4.69, 9.17) is 17.3 Å². The lowest BCUT2D eigenvalue weighted by Crippen LogP contribution is -2.08. The van der Waals surface area contributed by atoms with Crippen LogP contribution in [-0.4, -0.2) is 9.97 Å². The summed E-state index contributed by atoms with van der Waals surface area (Å²) >= 11 is 5.73. The first-order valence-corrected chi connectivity index (χ1v) is 6.26. The minimum atomic E-state index is -0.425. The van der Waals surface area contributed by atoms with Crippen molar-refractivity contribution in [2.24, 2.45) is 0 Å². The molecule has 0 aliphatic heterocycles. The molecular weight excluding hydrogens is 267 g/mol. The van der Waals surface area contributed by atoms with Crippen LogP contribution in [-0.2, 0) is 13.0 Å². The van der Waals surface area contributed by atoms with Crippen molar-refractivity contribution < 1.29 is 4.39 Å². The summed E-state index contributed by atoms with van der Waals surface area (Å²) in [6.07, 6.45) is 2.15. The van der Waals surface area contributed by atoms with Crippen LogP contribution in [0.4, 0.5) is 16.0 Å². The lowest BCUT2D eigenvalue weighted by Gasteiger charge is -2.11. The Hall–Kier alpha value is -1.88. The highest BCUT2D eigenvalue weighted by Gasteiger charge is 2.07. The zero-order valence-electron chi connectivity index (χ0n) is 10.5. The Kier molecular flexibility index (Phi) is 4.16. The van der Waals surface area contributed by atoms with Gasteiger partial charge in [-0.25, -0.2) is 14.4 Å². The number of halogens is 2. The van der Waals surface area contributed by atoms with Crippen LogP contribution in [0.3, 0.4) is 0 Å². The largest absolute Gasteiger partial charge is 0.383 e. The van der Waals surface area contributed by atoms with Gasteiger partial charge in [-0.3, -0.25) is 0 Å². The Balaban J connectivity index is 2.14. The van der Waals surface area contributed by atoms with Gasteiger partial charge >= 0.3 is 0 Å². The summed E-state index contributed by atoms with van der Waals surface area (Å²) in [6.45, 7) is 2.47. The molecule has 0 bridgehead atoms. The number of hydrogen-bond acceptors (Lipinski definition) is 4. The smallest absolute Gasteiger partial charge is 0.141 e. The third kappa shape index (κ3) is 3.12. The molecule has 0 amide bonds. The minimum Gasteiger partial charge on any atom is -0.383 e. The van der Waals surface area contributed by atoms with Crippen molar-refractivity contribution >= 4 is 23.2 Å². The van der Waals surface area contributed by atoms with Crippen LogP contribution >= 0.6 is 11.6 Å². The van der Waals surface area contributed by atoms with Crippen molar-refractivity contribution in [3.63, 3.8) is 0 Å². The normalized spacial score (nSPS) is 10.5. The van der Waals surface area contributed by atoms with Crippen LogP contribution in [0.15, 0.2) is 24.5 Å². The third-order valence-corrected chi connectivity index (χ3v) is 3.07. The second kappa shape index (κ2) is 5.84. The van der Waals surface area contributed by atoms with E-state index in [1.165, 1.54) is 12.4 Å². The standard InChI is InChI=1S/C13H14ClFN4/c1-2-9-12(16)18-7-19-13(9)17-6-8-3-4-11(15)10(14)5-8/h3-5,7H,2,6H2,1H3,(H3,16,17,18,19). The van der Waals surface area contributed by atoms with Gasteiger partial charge < -0.3 is 11.1 Å². The molecule has 2 aromatic rings. The fourth-order valence-electron chi connectivity index (χ4n) is 1.76. The van der Waals surface area contributed by atoms with Gasteiger partial charge in [0.15, 0.2) is 0 Å². The number of anilines is 2. The molecule has 0 aliphatic rings. The lowest BCUT2D eigenvalue weighted by molar-refractivity contribution is 0.627. The average molecular weight is 281 g/mol. The van der Waals surface area contributed by atoms with Crippen LogP contribution in [0.1, 0.15) is 18.1 Å². The molecule has 1 aromatic heterocycles. The molecule has 2 rings (SSSR count). The summed E-state index contributed by atoms with van der Waals surface area (Å²) in [4.78, 5) is 8.10. The Morgan fingerprint density at radius 1 is 1.37 bits per heavy atom. The highest BCUT2D eigenvalue weighted by Crippen LogP contribution is 2.20. The van der Waals surface area contributed by atoms with Crippen molar-refractivity contribution in [2.45, 2.75) is 19.9 Å². The Morgan fingerprint density at radius 3 is 2.84 bits per heavy atom. The van der Waals surface area contributed by atoms with Gasteiger partial charge in [0.2, 0.25) is 0 Å². The summed E-state index contributed by atoms with van der Waals surface area (Å²) in [6, 6.07) is 4.60. The number of aromatic nitrogens is 2. The van der Waals surface area contributed by atoms with E-state index < -0.39 is 5.82 Å². The average Bonchev–Trinajstić information content (AvgIpc) is 2.40. The molecule has 0 saturated carbocycles. The molecule has 19 heavy (non-hydrogen) atoms. The number of nitrogens with one attached hydrogen (secondary N) is 1. The van der Waals surface area contributed by atoms with Gasteiger partial charge in [-0.1, -0.05) is 24.6 Å². The van der Waals surface area contributed by atoms with Crippen molar-refractivity contribution in [1.82, 2.24) is 9.97 Å². The maximum absolute atomic E-state index is 13.0. The fourth-order valence-corrected chi connectivity index (χ4v) is 1.97. The van der Waals surface area contributed by atoms with E-state index in [0.29, 0.717) is 18.2 Å². The van der Waals surface area contributed by atoms with Crippen molar-refractivity contribution in [1.29, 1.82) is 0 Å². The van der Waals surface area contributed by atoms with E-state index in [1.54, 1.807) is 12.1 Å². The molecule has 0 aliphatic carbocycles. The number of nitrogen functional groups attached to an aromatic ring is 1. The number of nitrogens with two attached hydrogens (primary N) is 1. The predicted molar refractivity (Wildman–Crippen MR) is 74.6 cm³/mol. The van der Waals surface area contributed by atoms with Gasteiger partial charge in [-0.05, 0) is 24.1 Å². The highest BCUT2D eigenvalue weighted by atomic mass is 35.5. The molecule has 0 saturated heterocycles. The number of nitrogens with zero attached hydrogens (tertiary/aromatic N) is 2. The number of rotatable bonds is 4.